The molecule has 31 heavy (non-hydrogen) atoms. The van der Waals surface area contributed by atoms with Crippen LogP contribution in [-0.2, 0) is 17.4 Å². The standard InChI is InChI=1S/C23H24F3N3O2/c1-2-16-4-3-5-19(14-16)27-21(30)29-12-10-22(11-13-29)15-20(28-31-22)17-6-8-18(9-7-17)23(24,25)26/h3-9,14-15,28H,2,10-13H2,1H3,(H,27,30). The number of halogens is 3. The summed E-state index contributed by atoms with van der Waals surface area (Å²) < 4.78 is 38.3. The number of urea groups is 1. The first-order chi connectivity index (χ1) is 14.8. The maximum atomic E-state index is 12.8. The molecule has 8 heteroatoms. The number of likely N-dealkylation sites (tertiary alicyclic amines) is 1. The SMILES string of the molecule is CCc1cccc(NC(=O)N2CCC3(C=C(c4ccc(C(F)(F)F)cc4)NO3)CC2)c1. The maximum Gasteiger partial charge on any atom is 0.416 e. The van der Waals surface area contributed by atoms with Crippen LogP contribution in [0.1, 0.15) is 36.5 Å². The molecule has 0 aliphatic carbocycles. The minimum absolute atomic E-state index is 0.152. The van der Waals surface area contributed by atoms with Gasteiger partial charge in [-0.1, -0.05) is 31.2 Å². The van der Waals surface area contributed by atoms with Crippen LogP contribution in [0.2, 0.25) is 0 Å². The third-order valence-corrected chi connectivity index (χ3v) is 5.78. The van der Waals surface area contributed by atoms with E-state index >= 15 is 0 Å². The minimum atomic E-state index is -4.36. The molecular formula is C23H24F3N3O2. The molecule has 2 N–H and O–H groups in total. The molecule has 2 aromatic carbocycles. The van der Waals surface area contributed by atoms with Gasteiger partial charge in [0, 0.05) is 31.6 Å². The van der Waals surface area contributed by atoms with Gasteiger partial charge in [-0.15, -0.1) is 0 Å². The van der Waals surface area contributed by atoms with E-state index in [9.17, 15) is 18.0 Å². The Bertz CT molecular complexity index is 978. The van der Waals surface area contributed by atoms with Gasteiger partial charge in [0.05, 0.1) is 11.3 Å². The molecule has 0 unspecified atom stereocenters. The molecule has 1 fully saturated rings. The highest BCUT2D eigenvalue weighted by Crippen LogP contribution is 2.36. The van der Waals surface area contributed by atoms with E-state index in [1.165, 1.54) is 12.1 Å². The predicted octanol–water partition coefficient (Wildman–Crippen LogP) is 5.21. The number of anilines is 1. The number of hydroxylamine groups is 1. The molecular weight excluding hydrogens is 407 g/mol. The topological polar surface area (TPSA) is 53.6 Å². The lowest BCUT2D eigenvalue weighted by Crippen LogP contribution is -2.48. The van der Waals surface area contributed by atoms with Crippen LogP contribution in [0, 0.1) is 0 Å². The van der Waals surface area contributed by atoms with E-state index in [0.717, 1.165) is 29.8 Å². The summed E-state index contributed by atoms with van der Waals surface area (Å²) in [5.74, 6) is 0. The summed E-state index contributed by atoms with van der Waals surface area (Å²) in [5.41, 5.74) is 4.78. The molecule has 0 radical (unpaired) electrons. The Morgan fingerprint density at radius 2 is 1.87 bits per heavy atom. The van der Waals surface area contributed by atoms with E-state index in [1.807, 2.05) is 30.3 Å². The molecule has 0 bridgehead atoms. The fourth-order valence-corrected chi connectivity index (χ4v) is 3.87. The summed E-state index contributed by atoms with van der Waals surface area (Å²) in [4.78, 5) is 20.2. The first kappa shape index (κ1) is 21.2. The van der Waals surface area contributed by atoms with Crippen LogP contribution in [-0.4, -0.2) is 29.6 Å². The second-order valence-corrected chi connectivity index (χ2v) is 7.87. The predicted molar refractivity (Wildman–Crippen MR) is 112 cm³/mol. The zero-order valence-electron chi connectivity index (χ0n) is 17.1. The molecule has 4 rings (SSSR count). The molecule has 0 saturated carbocycles. The number of nitrogens with zero attached hydrogens (tertiary/aromatic N) is 1. The maximum absolute atomic E-state index is 12.8. The second kappa shape index (κ2) is 8.26. The van der Waals surface area contributed by atoms with E-state index in [0.29, 0.717) is 37.2 Å². The van der Waals surface area contributed by atoms with E-state index < -0.39 is 17.3 Å². The van der Waals surface area contributed by atoms with Crippen LogP contribution in [0.25, 0.3) is 5.70 Å². The Morgan fingerprint density at radius 3 is 2.52 bits per heavy atom. The number of rotatable bonds is 3. The highest BCUT2D eigenvalue weighted by atomic mass is 19.4. The highest BCUT2D eigenvalue weighted by Gasteiger charge is 2.40. The van der Waals surface area contributed by atoms with Gasteiger partial charge in [0.15, 0.2) is 0 Å². The highest BCUT2D eigenvalue weighted by molar-refractivity contribution is 5.89. The summed E-state index contributed by atoms with van der Waals surface area (Å²) in [5, 5.41) is 2.94. The summed E-state index contributed by atoms with van der Waals surface area (Å²) in [7, 11) is 0. The summed E-state index contributed by atoms with van der Waals surface area (Å²) in [6.07, 6.45) is -0.373. The van der Waals surface area contributed by atoms with Gasteiger partial charge >= 0.3 is 12.2 Å². The van der Waals surface area contributed by atoms with Gasteiger partial charge in [-0.2, -0.15) is 13.2 Å². The van der Waals surface area contributed by atoms with Crippen LogP contribution in [0.5, 0.6) is 0 Å². The molecule has 1 spiro atoms. The quantitative estimate of drug-likeness (QED) is 0.702. The van der Waals surface area contributed by atoms with Crippen molar-refractivity contribution >= 4 is 17.4 Å². The van der Waals surface area contributed by atoms with Crippen molar-refractivity contribution in [1.82, 2.24) is 10.4 Å². The number of hydrogen-bond donors (Lipinski definition) is 2. The first-order valence-corrected chi connectivity index (χ1v) is 10.3. The fraction of sp³-hybridized carbons (Fsp3) is 0.348. The van der Waals surface area contributed by atoms with Gasteiger partial charge in [-0.25, -0.2) is 4.79 Å². The lowest BCUT2D eigenvalue weighted by atomic mass is 9.90. The van der Waals surface area contributed by atoms with Gasteiger partial charge in [0.25, 0.3) is 0 Å². The number of carbonyl (C=O) groups excluding carboxylic acids is 1. The molecule has 2 aliphatic rings. The van der Waals surface area contributed by atoms with Crippen LogP contribution in [0.4, 0.5) is 23.7 Å². The molecule has 2 aliphatic heterocycles. The van der Waals surface area contributed by atoms with Crippen LogP contribution >= 0.6 is 0 Å². The lowest BCUT2D eigenvalue weighted by Gasteiger charge is -2.36. The van der Waals surface area contributed by atoms with Crippen LogP contribution in [0.15, 0.2) is 54.6 Å². The van der Waals surface area contributed by atoms with Crippen molar-refractivity contribution in [3.8, 4) is 0 Å². The molecule has 0 atom stereocenters. The Morgan fingerprint density at radius 1 is 1.16 bits per heavy atom. The number of amides is 2. The van der Waals surface area contributed by atoms with Crippen molar-refractivity contribution in [3.63, 3.8) is 0 Å². The monoisotopic (exact) mass is 431 g/mol. The molecule has 1 saturated heterocycles. The number of benzene rings is 2. The molecule has 5 nitrogen and oxygen atoms in total. The minimum Gasteiger partial charge on any atom is -0.324 e. The second-order valence-electron chi connectivity index (χ2n) is 7.87. The number of alkyl halides is 3. The molecule has 2 heterocycles. The van der Waals surface area contributed by atoms with E-state index in [2.05, 4.69) is 17.7 Å². The van der Waals surface area contributed by atoms with Crippen molar-refractivity contribution in [2.24, 2.45) is 0 Å². The van der Waals surface area contributed by atoms with Crippen LogP contribution < -0.4 is 10.8 Å². The number of hydrogen-bond acceptors (Lipinski definition) is 3. The van der Waals surface area contributed by atoms with Crippen molar-refractivity contribution in [2.45, 2.75) is 38.0 Å². The number of carbonyl (C=O) groups is 1. The van der Waals surface area contributed by atoms with Crippen molar-refractivity contribution < 1.29 is 22.8 Å². The Balaban J connectivity index is 1.37. The van der Waals surface area contributed by atoms with Gasteiger partial charge in [0.2, 0.25) is 0 Å². The zero-order valence-corrected chi connectivity index (χ0v) is 17.1. The summed E-state index contributed by atoms with van der Waals surface area (Å²) >= 11 is 0. The summed E-state index contributed by atoms with van der Waals surface area (Å²) in [6, 6.07) is 12.6. The number of nitrogens with one attached hydrogen (secondary N) is 2. The first-order valence-electron chi connectivity index (χ1n) is 10.3. The van der Waals surface area contributed by atoms with Gasteiger partial charge < -0.3 is 10.2 Å². The molecule has 164 valence electrons. The number of aryl methyl sites for hydroxylation is 1. The van der Waals surface area contributed by atoms with Gasteiger partial charge in [-0.3, -0.25) is 10.3 Å². The normalized spacial score (nSPS) is 17.9. The average Bonchev–Trinajstić information content (AvgIpc) is 3.17. The van der Waals surface area contributed by atoms with Crippen molar-refractivity contribution in [1.29, 1.82) is 0 Å². The molecule has 2 aromatic rings. The Kier molecular flexibility index (Phi) is 5.66. The summed E-state index contributed by atoms with van der Waals surface area (Å²) in [6.45, 7) is 3.09. The largest absolute Gasteiger partial charge is 0.416 e. The molecule has 2 amide bonds. The average molecular weight is 431 g/mol. The lowest BCUT2D eigenvalue weighted by molar-refractivity contribution is -0.137. The zero-order chi connectivity index (χ0) is 22.1. The Hall–Kier alpha value is -3.00. The smallest absolute Gasteiger partial charge is 0.324 e. The fourth-order valence-electron chi connectivity index (χ4n) is 3.87. The van der Waals surface area contributed by atoms with Gasteiger partial charge in [0.1, 0.15) is 5.60 Å². The van der Waals surface area contributed by atoms with E-state index in [1.54, 1.807) is 4.90 Å². The van der Waals surface area contributed by atoms with Gasteiger partial charge in [-0.05, 0) is 47.9 Å². The van der Waals surface area contributed by atoms with Crippen molar-refractivity contribution in [3.05, 3.63) is 71.3 Å². The molecule has 0 aromatic heterocycles. The third kappa shape index (κ3) is 4.69. The Labute approximate surface area is 178 Å². The van der Waals surface area contributed by atoms with E-state index in [-0.39, 0.29) is 6.03 Å². The van der Waals surface area contributed by atoms with Crippen LogP contribution in [0.3, 0.4) is 0 Å². The third-order valence-electron chi connectivity index (χ3n) is 5.78. The van der Waals surface area contributed by atoms with Crippen molar-refractivity contribution in [2.75, 3.05) is 18.4 Å². The van der Waals surface area contributed by atoms with E-state index in [4.69, 9.17) is 4.84 Å². The number of piperidine rings is 1.